The Labute approximate surface area is 306 Å². The number of hydrogen-bond acceptors (Lipinski definition) is 9. The van der Waals surface area contributed by atoms with Crippen LogP contribution in [0.4, 0.5) is 11.4 Å². The molecule has 262 valence electrons. The number of amides is 3. The number of fused-ring (bicyclic) bond motifs is 10. The molecule has 3 heterocycles. The molecule has 2 N–H and O–H groups in total. The zero-order chi connectivity index (χ0) is 35.7. The number of rotatable bonds is 8. The minimum absolute atomic E-state index is 0.0203. The second kappa shape index (κ2) is 12.8. The summed E-state index contributed by atoms with van der Waals surface area (Å²) in [6, 6.07) is 27.8. The quantitative estimate of drug-likeness (QED) is 0.137. The number of nitrogens with one attached hydrogen (secondary N) is 2. The summed E-state index contributed by atoms with van der Waals surface area (Å²) in [5.41, 5.74) is 2.50. The number of esters is 1. The molecule has 1 saturated heterocycles. The lowest BCUT2D eigenvalue weighted by Gasteiger charge is -2.43. The van der Waals surface area contributed by atoms with E-state index in [4.69, 9.17) is 9.47 Å². The number of ether oxygens (including phenoxy) is 2. The van der Waals surface area contributed by atoms with Crippen LogP contribution in [-0.2, 0) is 19.1 Å². The topological polar surface area (TPSA) is 135 Å². The highest BCUT2D eigenvalue weighted by Crippen LogP contribution is 2.68. The number of hydrogen-bond donors (Lipinski definition) is 2. The second-order valence-corrected chi connectivity index (χ2v) is 15.9. The molecule has 3 fully saturated rings. The molecule has 3 amide bonds. The van der Waals surface area contributed by atoms with Gasteiger partial charge in [-0.25, -0.2) is 4.79 Å². The lowest BCUT2D eigenvalue weighted by atomic mass is 9.68. The molecule has 52 heavy (non-hydrogen) atoms. The minimum atomic E-state index is -0.456. The van der Waals surface area contributed by atoms with Gasteiger partial charge in [0.15, 0.2) is 6.61 Å². The zero-order valence-electron chi connectivity index (χ0n) is 27.9. The number of aromatic amines is 1. The molecule has 2 bridgehead atoms. The Morgan fingerprint density at radius 1 is 0.885 bits per heavy atom. The normalized spacial score (nSPS) is 25.5. The smallest absolute Gasteiger partial charge is 0.338 e. The van der Waals surface area contributed by atoms with Gasteiger partial charge in [-0.05, 0) is 96.0 Å². The van der Waals surface area contributed by atoms with Crippen LogP contribution in [0.25, 0.3) is 10.8 Å². The fourth-order valence-corrected chi connectivity index (χ4v) is 11.9. The van der Waals surface area contributed by atoms with E-state index >= 15 is 0 Å². The third-order valence-corrected chi connectivity index (χ3v) is 13.6. The number of carbonyl (C=O) groups excluding carboxylic acids is 4. The number of carbonyl (C=O) groups is 4. The van der Waals surface area contributed by atoms with Crippen molar-refractivity contribution in [2.75, 3.05) is 23.4 Å². The maximum absolute atomic E-state index is 14.1. The summed E-state index contributed by atoms with van der Waals surface area (Å²) < 4.78 is 11.0. The van der Waals surface area contributed by atoms with E-state index in [0.717, 1.165) is 32.7 Å². The summed E-state index contributed by atoms with van der Waals surface area (Å²) in [7, 11) is 0. The van der Waals surface area contributed by atoms with Crippen LogP contribution in [0.1, 0.15) is 40.1 Å². The number of H-pyrrole nitrogens is 1. The van der Waals surface area contributed by atoms with Gasteiger partial charge in [0.2, 0.25) is 11.8 Å². The van der Waals surface area contributed by atoms with Crippen LogP contribution in [0.3, 0.4) is 0 Å². The van der Waals surface area contributed by atoms with Gasteiger partial charge in [-0.15, -0.1) is 11.8 Å². The predicted octanol–water partition coefficient (Wildman–Crippen LogP) is 6.46. The molecule has 1 aromatic heterocycles. The fraction of sp³-hybridized carbons (Fsp3) is 0.275. The van der Waals surface area contributed by atoms with Crippen LogP contribution < -0.4 is 19.8 Å². The molecular formula is C40H33N3O7S2. The number of aromatic nitrogens is 1. The van der Waals surface area contributed by atoms with Crippen molar-refractivity contribution < 1.29 is 28.7 Å². The van der Waals surface area contributed by atoms with Gasteiger partial charge >= 0.3 is 10.8 Å². The monoisotopic (exact) mass is 731 g/mol. The summed E-state index contributed by atoms with van der Waals surface area (Å²) >= 11 is 2.84. The van der Waals surface area contributed by atoms with E-state index in [0.29, 0.717) is 22.7 Å². The third-order valence-electron chi connectivity index (χ3n) is 11.0. The summed E-state index contributed by atoms with van der Waals surface area (Å²) in [5.74, 6) is -1.64. The Hall–Kier alpha value is -5.20. The van der Waals surface area contributed by atoms with E-state index in [2.05, 4.69) is 10.3 Å². The van der Waals surface area contributed by atoms with Crippen molar-refractivity contribution in [1.29, 1.82) is 0 Å². The summed E-state index contributed by atoms with van der Waals surface area (Å²) in [5, 5.41) is 5.90. The third kappa shape index (κ3) is 5.35. The van der Waals surface area contributed by atoms with Crippen LogP contribution in [0, 0.1) is 29.6 Å². The van der Waals surface area contributed by atoms with E-state index in [1.54, 1.807) is 43.0 Å². The lowest BCUT2D eigenvalue weighted by Crippen LogP contribution is -2.42. The second-order valence-electron chi connectivity index (χ2n) is 13.7. The van der Waals surface area contributed by atoms with Crippen LogP contribution in [0.2, 0.25) is 0 Å². The van der Waals surface area contributed by atoms with Crippen LogP contribution >= 0.6 is 23.1 Å². The summed E-state index contributed by atoms with van der Waals surface area (Å²) in [6.45, 7) is 1.83. The van der Waals surface area contributed by atoms with E-state index in [-0.39, 0.29) is 64.7 Å². The molecule has 2 saturated carbocycles. The van der Waals surface area contributed by atoms with Crippen molar-refractivity contribution >= 4 is 68.9 Å². The molecule has 4 aromatic carbocycles. The van der Waals surface area contributed by atoms with E-state index in [9.17, 15) is 24.0 Å². The summed E-state index contributed by atoms with van der Waals surface area (Å²) in [6.07, 6.45) is 0.772. The summed E-state index contributed by atoms with van der Waals surface area (Å²) in [4.78, 5) is 70.9. The molecule has 2 aliphatic heterocycles. The molecule has 0 unspecified atom stereocenters. The number of imide groups is 1. The average Bonchev–Trinajstić information content (AvgIpc) is 3.90. The van der Waals surface area contributed by atoms with Gasteiger partial charge in [-0.2, -0.15) is 0 Å². The first kappa shape index (κ1) is 32.7. The van der Waals surface area contributed by atoms with E-state index < -0.39 is 17.8 Å². The largest absolute Gasteiger partial charge is 0.484 e. The van der Waals surface area contributed by atoms with Crippen molar-refractivity contribution in [3.63, 3.8) is 0 Å². The van der Waals surface area contributed by atoms with Gasteiger partial charge < -0.3 is 19.8 Å². The van der Waals surface area contributed by atoms with Crippen molar-refractivity contribution in [2.45, 2.75) is 29.5 Å². The maximum Gasteiger partial charge on any atom is 0.338 e. The molecule has 10 nitrogen and oxygen atoms in total. The van der Waals surface area contributed by atoms with Gasteiger partial charge in [-0.3, -0.25) is 24.1 Å². The molecular weight excluding hydrogens is 699 g/mol. The van der Waals surface area contributed by atoms with E-state index in [1.807, 2.05) is 66.7 Å². The van der Waals surface area contributed by atoms with Gasteiger partial charge in [0.1, 0.15) is 5.75 Å². The van der Waals surface area contributed by atoms with Crippen LogP contribution in [0.15, 0.2) is 101 Å². The Kier molecular flexibility index (Phi) is 8.04. The van der Waals surface area contributed by atoms with Crippen molar-refractivity contribution in [3.05, 3.63) is 117 Å². The lowest BCUT2D eigenvalue weighted by molar-refractivity contribution is -0.123. The van der Waals surface area contributed by atoms with Gasteiger partial charge in [0.25, 0.3) is 5.91 Å². The first-order valence-electron chi connectivity index (χ1n) is 17.3. The molecule has 2 aliphatic carbocycles. The highest BCUT2D eigenvalue weighted by Gasteiger charge is 2.69. The molecule has 12 heteroatoms. The first-order valence-corrected chi connectivity index (χ1v) is 19.0. The first-order chi connectivity index (χ1) is 25.3. The van der Waals surface area contributed by atoms with Crippen molar-refractivity contribution in [3.8, 4) is 5.75 Å². The average molecular weight is 732 g/mol. The Bertz CT molecular complexity index is 2320. The highest BCUT2D eigenvalue weighted by atomic mass is 32.2. The Morgan fingerprint density at radius 3 is 2.37 bits per heavy atom. The zero-order valence-corrected chi connectivity index (χ0v) is 29.6. The van der Waals surface area contributed by atoms with Crippen molar-refractivity contribution in [2.24, 2.45) is 29.6 Å². The van der Waals surface area contributed by atoms with Crippen LogP contribution in [-0.4, -0.2) is 47.1 Å². The number of thioether (sulfide) groups is 1. The van der Waals surface area contributed by atoms with Crippen LogP contribution in [0.5, 0.6) is 5.75 Å². The Balaban J connectivity index is 0.940. The number of thiazole rings is 1. The molecule has 0 radical (unpaired) electrons. The predicted molar refractivity (Wildman–Crippen MR) is 198 cm³/mol. The highest BCUT2D eigenvalue weighted by molar-refractivity contribution is 8.00. The molecule has 4 aliphatic rings. The van der Waals surface area contributed by atoms with Gasteiger partial charge in [0.05, 0.1) is 34.7 Å². The fourth-order valence-electron chi connectivity index (χ4n) is 8.99. The number of nitrogens with zero attached hydrogens (tertiary/aromatic N) is 1. The molecule has 7 atom stereocenters. The standard InChI is InChI=1S/C40H33N3O7S2/c1-2-49-39(47)22-8-13-25(14-9-22)43-37(45)32-27-18-28(33(32)38(43)46)34-31(27)30(35-36(51-34)42-40(48)52-35)21-10-15-26(16-11-21)50-19-29(44)41-24-12-7-20-5-3-4-6-23(20)17-24/h3-17,27-28,30-34H,2,18-19H2,1H3,(H,41,44)(H,42,48)/t27-,28-,30+,31-,32+,33+,34-/m1/s1. The molecule has 5 aromatic rings. The molecule has 0 spiro atoms. The van der Waals surface area contributed by atoms with Gasteiger partial charge in [-0.1, -0.05) is 53.8 Å². The number of benzene rings is 4. The van der Waals surface area contributed by atoms with Crippen molar-refractivity contribution in [1.82, 2.24) is 4.98 Å². The van der Waals surface area contributed by atoms with Gasteiger partial charge in [0, 0.05) is 21.7 Å². The SMILES string of the molecule is CCOC(=O)c1ccc(N2C(=O)[C@H]3[C@H]4C[C@@H]([C@@H]3C2=O)[C@@H]2[C@H](c3ccc(OCC(=O)Nc5ccc6ccccc6c5)cc3)c3sc(=O)[nH]c3S[C@H]42)cc1. The number of anilines is 2. The molecule has 9 rings (SSSR count). The minimum Gasteiger partial charge on any atom is -0.484 e. The Morgan fingerprint density at radius 2 is 1.62 bits per heavy atom. The van der Waals surface area contributed by atoms with E-state index in [1.165, 1.54) is 16.2 Å². The maximum atomic E-state index is 14.1.